The molecule has 0 aliphatic rings. The first-order valence-corrected chi connectivity index (χ1v) is 8.10. The van der Waals surface area contributed by atoms with Gasteiger partial charge in [0, 0.05) is 17.7 Å². The van der Waals surface area contributed by atoms with Gasteiger partial charge in [-0.05, 0) is 37.3 Å². The summed E-state index contributed by atoms with van der Waals surface area (Å²) in [6, 6.07) is 10.8. The van der Waals surface area contributed by atoms with Crippen molar-refractivity contribution in [3.63, 3.8) is 0 Å². The Labute approximate surface area is 156 Å². The van der Waals surface area contributed by atoms with Gasteiger partial charge >= 0.3 is 5.97 Å². The van der Waals surface area contributed by atoms with Crippen molar-refractivity contribution >= 4 is 23.6 Å². The Morgan fingerprint density at radius 3 is 2.52 bits per heavy atom. The van der Waals surface area contributed by atoms with Gasteiger partial charge < -0.3 is 19.5 Å². The van der Waals surface area contributed by atoms with E-state index in [0.29, 0.717) is 17.1 Å². The number of benzene rings is 2. The number of amides is 1. The smallest absolute Gasteiger partial charge is 0.331 e. The molecule has 2 rings (SSSR count). The molecule has 0 fully saturated rings. The highest BCUT2D eigenvalue weighted by Gasteiger charge is 2.18. The molecule has 2 aromatic carbocycles. The fourth-order valence-corrected chi connectivity index (χ4v) is 2.18. The highest BCUT2D eigenvalue weighted by molar-refractivity contribution is 5.96. The fourth-order valence-electron chi connectivity index (χ4n) is 2.18. The van der Waals surface area contributed by atoms with E-state index in [1.165, 1.54) is 51.5 Å². The average molecular weight is 373 g/mol. The molecule has 6 nitrogen and oxygen atoms in total. The lowest BCUT2D eigenvalue weighted by Gasteiger charge is -2.12. The van der Waals surface area contributed by atoms with E-state index in [9.17, 15) is 14.0 Å². The van der Waals surface area contributed by atoms with Crippen LogP contribution in [0.3, 0.4) is 0 Å². The normalized spacial score (nSPS) is 11.7. The first-order valence-electron chi connectivity index (χ1n) is 8.10. The molecule has 0 aromatic heterocycles. The number of para-hydroxylation sites is 1. The Bertz CT molecular complexity index is 850. The van der Waals surface area contributed by atoms with E-state index in [2.05, 4.69) is 5.32 Å². The van der Waals surface area contributed by atoms with E-state index >= 15 is 0 Å². The minimum absolute atomic E-state index is 0.0175. The predicted molar refractivity (Wildman–Crippen MR) is 99.2 cm³/mol. The van der Waals surface area contributed by atoms with Gasteiger partial charge in [0.15, 0.2) is 6.10 Å². The van der Waals surface area contributed by atoms with Crippen molar-refractivity contribution in [2.45, 2.75) is 13.0 Å². The number of hydrogen-bond donors (Lipinski definition) is 1. The van der Waals surface area contributed by atoms with Gasteiger partial charge in [-0.1, -0.05) is 12.1 Å². The third-order valence-corrected chi connectivity index (χ3v) is 3.63. The third-order valence-electron chi connectivity index (χ3n) is 3.63. The van der Waals surface area contributed by atoms with Crippen LogP contribution in [0.25, 0.3) is 6.08 Å². The van der Waals surface area contributed by atoms with Gasteiger partial charge in [0.05, 0.1) is 19.9 Å². The van der Waals surface area contributed by atoms with Crippen molar-refractivity contribution in [1.29, 1.82) is 0 Å². The molecule has 0 aliphatic heterocycles. The van der Waals surface area contributed by atoms with Crippen molar-refractivity contribution in [1.82, 2.24) is 0 Å². The van der Waals surface area contributed by atoms with E-state index in [0.717, 1.165) is 0 Å². The molecular formula is C20H20FNO5. The molecule has 7 heteroatoms. The van der Waals surface area contributed by atoms with Crippen molar-refractivity contribution in [2.75, 3.05) is 19.5 Å². The molecule has 0 bridgehead atoms. The Kier molecular flexibility index (Phi) is 6.93. The van der Waals surface area contributed by atoms with E-state index in [4.69, 9.17) is 14.2 Å². The number of halogens is 1. The number of hydrogen-bond acceptors (Lipinski definition) is 5. The van der Waals surface area contributed by atoms with Crippen LogP contribution >= 0.6 is 0 Å². The van der Waals surface area contributed by atoms with Gasteiger partial charge in [-0.15, -0.1) is 0 Å². The van der Waals surface area contributed by atoms with Gasteiger partial charge in [0.1, 0.15) is 17.3 Å². The molecule has 0 saturated heterocycles. The Morgan fingerprint density at radius 1 is 1.11 bits per heavy atom. The molecule has 0 saturated carbocycles. The first kappa shape index (κ1) is 20.0. The van der Waals surface area contributed by atoms with Crippen LogP contribution < -0.4 is 14.8 Å². The number of anilines is 1. The maximum absolute atomic E-state index is 13.6. The average Bonchev–Trinajstić information content (AvgIpc) is 2.67. The summed E-state index contributed by atoms with van der Waals surface area (Å²) in [5.41, 5.74) is 0.655. The number of carbonyl (C=O) groups excluding carboxylic acids is 2. The highest BCUT2D eigenvalue weighted by atomic mass is 19.1. The maximum Gasteiger partial charge on any atom is 0.331 e. The second kappa shape index (κ2) is 9.38. The molecule has 0 aliphatic carbocycles. The van der Waals surface area contributed by atoms with Crippen molar-refractivity contribution in [3.8, 4) is 11.5 Å². The molecule has 0 radical (unpaired) electrons. The van der Waals surface area contributed by atoms with Gasteiger partial charge in [-0.2, -0.15) is 0 Å². The van der Waals surface area contributed by atoms with Crippen molar-refractivity contribution in [2.24, 2.45) is 0 Å². The van der Waals surface area contributed by atoms with Crippen LogP contribution in [0.1, 0.15) is 12.5 Å². The van der Waals surface area contributed by atoms with Gasteiger partial charge in [-0.3, -0.25) is 4.79 Å². The zero-order valence-electron chi connectivity index (χ0n) is 15.2. The summed E-state index contributed by atoms with van der Waals surface area (Å²) in [6.45, 7) is 1.40. The summed E-state index contributed by atoms with van der Waals surface area (Å²) in [7, 11) is 3.04. The maximum atomic E-state index is 13.6. The van der Waals surface area contributed by atoms with Crippen LogP contribution in [-0.4, -0.2) is 32.2 Å². The van der Waals surface area contributed by atoms with E-state index in [-0.39, 0.29) is 5.69 Å². The Hall–Kier alpha value is -3.35. The van der Waals surface area contributed by atoms with Crippen LogP contribution in [0.4, 0.5) is 10.1 Å². The number of esters is 1. The monoisotopic (exact) mass is 373 g/mol. The largest absolute Gasteiger partial charge is 0.497 e. The summed E-state index contributed by atoms with van der Waals surface area (Å²) in [6.07, 6.45) is 1.58. The zero-order valence-corrected chi connectivity index (χ0v) is 15.2. The molecule has 2 aromatic rings. The topological polar surface area (TPSA) is 73.9 Å². The number of rotatable bonds is 7. The van der Waals surface area contributed by atoms with E-state index in [1.54, 1.807) is 24.3 Å². The second-order valence-corrected chi connectivity index (χ2v) is 5.49. The minimum atomic E-state index is -1.10. The van der Waals surface area contributed by atoms with Crippen molar-refractivity contribution in [3.05, 3.63) is 59.9 Å². The Balaban J connectivity index is 1.97. The first-order chi connectivity index (χ1) is 12.9. The summed E-state index contributed by atoms with van der Waals surface area (Å²) in [5.74, 6) is -0.794. The number of nitrogens with one attached hydrogen (secondary N) is 1. The van der Waals surface area contributed by atoms with Gasteiger partial charge in [0.25, 0.3) is 5.91 Å². The third kappa shape index (κ3) is 5.57. The van der Waals surface area contributed by atoms with Crippen LogP contribution in [0, 0.1) is 5.82 Å². The van der Waals surface area contributed by atoms with Crippen molar-refractivity contribution < 1.29 is 28.2 Å². The number of methoxy groups -OCH3 is 2. The van der Waals surface area contributed by atoms with Gasteiger partial charge in [0.2, 0.25) is 0 Å². The lowest BCUT2D eigenvalue weighted by molar-refractivity contribution is -0.148. The van der Waals surface area contributed by atoms with E-state index in [1.807, 2.05) is 0 Å². The molecule has 0 spiro atoms. The predicted octanol–water partition coefficient (Wildman–Crippen LogP) is 3.43. The molecule has 0 heterocycles. The number of carbonyl (C=O) groups is 2. The highest BCUT2D eigenvalue weighted by Crippen LogP contribution is 2.25. The van der Waals surface area contributed by atoms with Crippen LogP contribution in [0.2, 0.25) is 0 Å². The molecule has 1 amide bonds. The van der Waals surface area contributed by atoms with E-state index < -0.39 is 23.8 Å². The zero-order chi connectivity index (χ0) is 19.8. The molecule has 27 heavy (non-hydrogen) atoms. The SMILES string of the molecule is COc1ccc(/C=C/C(=O)O[C@H](C)C(=O)Nc2ccccc2F)c(OC)c1. The summed E-state index contributed by atoms with van der Waals surface area (Å²) in [5, 5.41) is 2.37. The standard InChI is InChI=1S/C20H20FNO5/c1-13(20(24)22-17-7-5-4-6-16(17)21)27-19(23)11-9-14-8-10-15(25-2)12-18(14)26-3/h4-13H,1-3H3,(H,22,24)/b11-9+/t13-/m1/s1. The molecule has 1 atom stereocenters. The summed E-state index contributed by atoms with van der Waals surface area (Å²) in [4.78, 5) is 24.0. The second-order valence-electron chi connectivity index (χ2n) is 5.49. The number of ether oxygens (including phenoxy) is 3. The minimum Gasteiger partial charge on any atom is -0.497 e. The lowest BCUT2D eigenvalue weighted by atomic mass is 10.1. The van der Waals surface area contributed by atoms with Crippen LogP contribution in [-0.2, 0) is 14.3 Å². The molecule has 0 unspecified atom stereocenters. The summed E-state index contributed by atoms with van der Waals surface area (Å²) < 4.78 is 28.9. The van der Waals surface area contributed by atoms with Gasteiger partial charge in [-0.25, -0.2) is 9.18 Å². The van der Waals surface area contributed by atoms with Crippen LogP contribution in [0.15, 0.2) is 48.5 Å². The Morgan fingerprint density at radius 2 is 1.85 bits per heavy atom. The fraction of sp³-hybridized carbons (Fsp3) is 0.200. The summed E-state index contributed by atoms with van der Waals surface area (Å²) >= 11 is 0. The molecule has 1 N–H and O–H groups in total. The quantitative estimate of drug-likeness (QED) is 0.595. The molecular weight excluding hydrogens is 353 g/mol. The molecule has 142 valence electrons. The van der Waals surface area contributed by atoms with Crippen LogP contribution in [0.5, 0.6) is 11.5 Å². The lowest BCUT2D eigenvalue weighted by Crippen LogP contribution is -2.29.